The third kappa shape index (κ3) is 6.36. The van der Waals surface area contributed by atoms with Crippen LogP contribution in [-0.4, -0.2) is 34.0 Å². The fraction of sp³-hybridized carbons (Fsp3) is 0.382. The van der Waals surface area contributed by atoms with E-state index in [-0.39, 0.29) is 23.3 Å². The number of aliphatic carboxylic acids is 1. The lowest BCUT2D eigenvalue weighted by Gasteiger charge is -2.34. The van der Waals surface area contributed by atoms with E-state index in [1.54, 1.807) is 12.1 Å². The maximum Gasteiger partial charge on any atom is 0.307 e. The van der Waals surface area contributed by atoms with Crippen molar-refractivity contribution in [1.29, 1.82) is 0 Å². The van der Waals surface area contributed by atoms with E-state index in [1.165, 1.54) is 18.2 Å². The first-order valence-corrected chi connectivity index (χ1v) is 13.8. The Morgan fingerprint density at radius 1 is 0.897 bits per heavy atom. The van der Waals surface area contributed by atoms with Crippen LogP contribution in [0.15, 0.2) is 60.7 Å². The van der Waals surface area contributed by atoms with Crippen molar-refractivity contribution in [2.24, 2.45) is 0 Å². The fourth-order valence-electron chi connectivity index (χ4n) is 5.41. The maximum atomic E-state index is 11.3. The van der Waals surface area contributed by atoms with Crippen molar-refractivity contribution in [2.75, 3.05) is 7.11 Å². The van der Waals surface area contributed by atoms with E-state index in [1.807, 2.05) is 38.1 Å². The largest absolute Gasteiger partial charge is 0.504 e. The average Bonchev–Trinajstić information content (AvgIpc) is 2.94. The van der Waals surface area contributed by atoms with Gasteiger partial charge in [-0.05, 0) is 78.1 Å². The van der Waals surface area contributed by atoms with Crippen LogP contribution in [0.25, 0.3) is 17.2 Å². The Morgan fingerprint density at radius 3 is 2.03 bits per heavy atom. The summed E-state index contributed by atoms with van der Waals surface area (Å²) in [5.41, 5.74) is 5.60. The molecule has 0 spiro atoms. The van der Waals surface area contributed by atoms with Crippen LogP contribution < -0.4 is 4.74 Å². The maximum absolute atomic E-state index is 11.3. The topological polar surface area (TPSA) is 87.0 Å². The van der Waals surface area contributed by atoms with Crippen molar-refractivity contribution < 1.29 is 24.9 Å². The number of aryl methyl sites for hydroxylation is 1. The Hall–Kier alpha value is -3.57. The highest BCUT2D eigenvalue weighted by Crippen LogP contribution is 2.42. The summed E-state index contributed by atoms with van der Waals surface area (Å²) in [4.78, 5) is 11.3. The van der Waals surface area contributed by atoms with Gasteiger partial charge in [-0.15, -0.1) is 0 Å². The average molecular weight is 531 g/mol. The summed E-state index contributed by atoms with van der Waals surface area (Å²) in [7, 11) is 1.46. The minimum atomic E-state index is -0.942. The number of carboxylic acid groups (broad SMARTS) is 1. The van der Waals surface area contributed by atoms with Crippen molar-refractivity contribution in [3.05, 3.63) is 88.5 Å². The number of aromatic hydroxyl groups is 1. The lowest BCUT2D eigenvalue weighted by Crippen LogP contribution is -2.26. The Balaban J connectivity index is 2.01. The van der Waals surface area contributed by atoms with Crippen LogP contribution in [0.2, 0.25) is 0 Å². The van der Waals surface area contributed by atoms with Gasteiger partial charge < -0.3 is 20.1 Å². The third-order valence-corrected chi connectivity index (χ3v) is 8.29. The van der Waals surface area contributed by atoms with E-state index in [0.717, 1.165) is 29.5 Å². The first kappa shape index (κ1) is 30.0. The van der Waals surface area contributed by atoms with Gasteiger partial charge in [-0.3, -0.25) is 4.79 Å². The Kier molecular flexibility index (Phi) is 9.63. The Morgan fingerprint density at radius 2 is 1.51 bits per heavy atom. The van der Waals surface area contributed by atoms with Crippen LogP contribution in [0.5, 0.6) is 11.5 Å². The van der Waals surface area contributed by atoms with Gasteiger partial charge in [-0.1, -0.05) is 82.3 Å². The van der Waals surface area contributed by atoms with Crippen LogP contribution in [0, 0.1) is 6.92 Å². The molecule has 3 aromatic rings. The molecule has 3 aromatic carbocycles. The Labute approximate surface area is 232 Å². The van der Waals surface area contributed by atoms with E-state index in [0.29, 0.717) is 24.0 Å². The zero-order chi connectivity index (χ0) is 28.8. The van der Waals surface area contributed by atoms with Gasteiger partial charge in [0.25, 0.3) is 0 Å². The molecule has 0 aromatic heterocycles. The van der Waals surface area contributed by atoms with Crippen LogP contribution in [0.3, 0.4) is 0 Å². The molecule has 0 unspecified atom stereocenters. The SMILES string of the molecule is CCC(O)(/C=C/c1ccc(C(CC)(CC)c2ccc(-c3cc(CC(=O)O)cc(OC)c3O)cc2)cc1C)CC. The van der Waals surface area contributed by atoms with E-state index in [4.69, 9.17) is 4.74 Å². The highest BCUT2D eigenvalue weighted by atomic mass is 16.5. The molecule has 0 heterocycles. The van der Waals surface area contributed by atoms with Gasteiger partial charge >= 0.3 is 5.97 Å². The second-order valence-corrected chi connectivity index (χ2v) is 10.3. The molecule has 0 aliphatic carbocycles. The number of carboxylic acids is 1. The van der Waals surface area contributed by atoms with E-state index < -0.39 is 11.6 Å². The molecule has 0 saturated heterocycles. The minimum absolute atomic E-state index is 0.00560. The summed E-state index contributed by atoms with van der Waals surface area (Å²) in [6.07, 6.45) is 6.96. The molecule has 0 fully saturated rings. The predicted molar refractivity (Wildman–Crippen MR) is 159 cm³/mol. The van der Waals surface area contributed by atoms with Crippen LogP contribution in [-0.2, 0) is 16.6 Å². The van der Waals surface area contributed by atoms with E-state index in [2.05, 4.69) is 51.1 Å². The van der Waals surface area contributed by atoms with Crippen molar-refractivity contribution in [2.45, 2.75) is 77.7 Å². The number of phenols is 1. The molecule has 0 radical (unpaired) electrons. The van der Waals surface area contributed by atoms with Gasteiger partial charge in [0, 0.05) is 11.0 Å². The molecular formula is C34H42O5. The highest BCUT2D eigenvalue weighted by Gasteiger charge is 2.31. The lowest BCUT2D eigenvalue weighted by atomic mass is 9.70. The van der Waals surface area contributed by atoms with Gasteiger partial charge in [0.05, 0.1) is 19.1 Å². The molecule has 5 heteroatoms. The standard InChI is InChI=1S/C34H42O5/c1-7-33(38,8-2)18-17-25-11-16-28(19-23(25)5)34(9-3,10-4)27-14-12-26(13-15-27)29-20-24(22-31(35)36)21-30(39-6)32(29)37/h11-21,37-38H,7-10,22H2,1-6H3,(H,35,36)/b18-17+. The third-order valence-electron chi connectivity index (χ3n) is 8.29. The molecule has 0 aliphatic rings. The number of aliphatic hydroxyl groups is 1. The number of ether oxygens (including phenoxy) is 1. The molecule has 39 heavy (non-hydrogen) atoms. The van der Waals surface area contributed by atoms with Gasteiger partial charge in [-0.25, -0.2) is 0 Å². The molecule has 3 rings (SSSR count). The fourth-order valence-corrected chi connectivity index (χ4v) is 5.41. The number of hydrogen-bond donors (Lipinski definition) is 3. The quantitative estimate of drug-likeness (QED) is 0.224. The van der Waals surface area contributed by atoms with Crippen molar-refractivity contribution in [1.82, 2.24) is 0 Å². The molecule has 0 atom stereocenters. The molecule has 5 nitrogen and oxygen atoms in total. The first-order chi connectivity index (χ1) is 18.6. The highest BCUT2D eigenvalue weighted by molar-refractivity contribution is 5.77. The number of methoxy groups -OCH3 is 1. The van der Waals surface area contributed by atoms with Crippen molar-refractivity contribution in [3.63, 3.8) is 0 Å². The van der Waals surface area contributed by atoms with Crippen LogP contribution in [0.4, 0.5) is 0 Å². The summed E-state index contributed by atoms with van der Waals surface area (Å²) in [5, 5.41) is 30.7. The number of benzene rings is 3. The molecule has 0 saturated carbocycles. The van der Waals surface area contributed by atoms with Gasteiger partial charge in [0.15, 0.2) is 11.5 Å². The first-order valence-electron chi connectivity index (χ1n) is 13.8. The zero-order valence-corrected chi connectivity index (χ0v) is 24.0. The van der Waals surface area contributed by atoms with Crippen LogP contribution in [0.1, 0.15) is 81.2 Å². The van der Waals surface area contributed by atoms with E-state index in [9.17, 15) is 20.1 Å². The smallest absolute Gasteiger partial charge is 0.307 e. The van der Waals surface area contributed by atoms with Gasteiger partial charge in [0.1, 0.15) is 0 Å². The van der Waals surface area contributed by atoms with Crippen LogP contribution >= 0.6 is 0 Å². The predicted octanol–water partition coefficient (Wildman–Crippen LogP) is 7.67. The summed E-state index contributed by atoms with van der Waals surface area (Å²) in [6, 6.07) is 18.0. The monoisotopic (exact) mass is 530 g/mol. The summed E-state index contributed by atoms with van der Waals surface area (Å²) in [5.74, 6) is -0.693. The summed E-state index contributed by atoms with van der Waals surface area (Å²) in [6.45, 7) is 10.5. The second-order valence-electron chi connectivity index (χ2n) is 10.3. The Bertz CT molecular complexity index is 1310. The molecule has 208 valence electrons. The van der Waals surface area contributed by atoms with Crippen molar-refractivity contribution in [3.8, 4) is 22.6 Å². The summed E-state index contributed by atoms with van der Waals surface area (Å²) >= 11 is 0. The van der Waals surface area contributed by atoms with E-state index >= 15 is 0 Å². The number of hydrogen-bond acceptors (Lipinski definition) is 4. The summed E-state index contributed by atoms with van der Waals surface area (Å²) < 4.78 is 5.31. The second kappa shape index (κ2) is 12.5. The molecule has 0 bridgehead atoms. The number of carbonyl (C=O) groups is 1. The lowest BCUT2D eigenvalue weighted by molar-refractivity contribution is -0.136. The zero-order valence-electron chi connectivity index (χ0n) is 24.0. The van der Waals surface area contributed by atoms with Crippen molar-refractivity contribution >= 4 is 12.0 Å². The number of rotatable bonds is 12. The molecular weight excluding hydrogens is 488 g/mol. The van der Waals surface area contributed by atoms with Gasteiger partial charge in [0.2, 0.25) is 0 Å². The number of phenolic OH excluding ortho intramolecular Hbond substituents is 1. The normalized spacial score (nSPS) is 12.2. The minimum Gasteiger partial charge on any atom is -0.504 e. The van der Waals surface area contributed by atoms with Gasteiger partial charge in [-0.2, -0.15) is 0 Å². The molecule has 0 amide bonds. The molecule has 0 aliphatic heterocycles. The molecule has 3 N–H and O–H groups in total.